The number of unbranched alkanes of at least 4 members (excludes halogenated alkanes) is 33. The van der Waals surface area contributed by atoms with Crippen LogP contribution >= 0.6 is 0 Å². The second-order valence-electron chi connectivity index (χ2n) is 22.7. The van der Waals surface area contributed by atoms with Crippen molar-refractivity contribution in [3.63, 3.8) is 0 Å². The second-order valence-corrected chi connectivity index (χ2v) is 22.7. The average Bonchev–Trinajstić information content (AvgIpc) is 3.47. The summed E-state index contributed by atoms with van der Waals surface area (Å²) in [6, 6.07) is 0. The van der Waals surface area contributed by atoms with Gasteiger partial charge in [-0.15, -0.1) is 0 Å². The van der Waals surface area contributed by atoms with Crippen molar-refractivity contribution in [1.82, 2.24) is 0 Å². The zero-order valence-corrected chi connectivity index (χ0v) is 53.3. The molecule has 0 radical (unpaired) electrons. The first kappa shape index (κ1) is 77.1. The van der Waals surface area contributed by atoms with E-state index >= 15 is 0 Å². The molecular weight excluding hydrogens is 997 g/mol. The summed E-state index contributed by atoms with van der Waals surface area (Å²) in [6.45, 7) is 6.49. The summed E-state index contributed by atoms with van der Waals surface area (Å²) in [5.41, 5.74) is 0. The van der Waals surface area contributed by atoms with E-state index in [0.29, 0.717) is 19.3 Å². The fourth-order valence-corrected chi connectivity index (χ4v) is 9.59. The monoisotopic (exact) mass is 1120 g/mol. The molecule has 0 bridgehead atoms. The standard InChI is InChI=1S/C75H128O6/c1-4-7-10-13-16-19-22-25-28-30-32-34-36-37-39-40-42-44-47-50-53-56-59-62-65-68-74(77)80-71-72(70-79-73(76)67-64-61-58-55-52-49-46-27-24-21-18-15-12-9-6-3)81-75(78)69-66-63-60-57-54-51-48-45-43-41-38-35-33-31-29-26-23-20-17-14-11-8-5-2/h9,12,18,21-23,25-27,30-33,38,41,46,52,55,72H,4-8,10-11,13-17,19-20,24,28-29,34-37,39-40,42-45,47-51,53-54,56-71H2,1-3H3/b12-9-,21-18-,25-22-,26-23-,32-30-,33-31-,41-38-,46-27-,55-52-. The van der Waals surface area contributed by atoms with Crippen LogP contribution in [0, 0.1) is 0 Å². The molecule has 0 aliphatic carbocycles. The number of hydrogen-bond acceptors (Lipinski definition) is 6. The summed E-state index contributed by atoms with van der Waals surface area (Å²) in [4.78, 5) is 38.4. The van der Waals surface area contributed by atoms with E-state index in [1.54, 1.807) is 0 Å². The van der Waals surface area contributed by atoms with Crippen LogP contribution in [0.4, 0.5) is 0 Å². The molecule has 0 amide bonds. The van der Waals surface area contributed by atoms with Crippen molar-refractivity contribution >= 4 is 17.9 Å². The molecule has 1 atom stereocenters. The molecule has 0 heterocycles. The first-order chi connectivity index (χ1) is 40.0. The van der Waals surface area contributed by atoms with Gasteiger partial charge in [0.1, 0.15) is 13.2 Å². The first-order valence-corrected chi connectivity index (χ1v) is 34.4. The van der Waals surface area contributed by atoms with Crippen LogP contribution in [0.5, 0.6) is 0 Å². The Balaban J connectivity index is 4.38. The van der Waals surface area contributed by atoms with Crippen LogP contribution in [0.25, 0.3) is 0 Å². The number of allylic oxidation sites excluding steroid dienone is 18. The molecular formula is C75H128O6. The third kappa shape index (κ3) is 66.8. The lowest BCUT2D eigenvalue weighted by atomic mass is 10.0. The highest BCUT2D eigenvalue weighted by atomic mass is 16.6. The molecule has 0 spiro atoms. The SMILES string of the molecule is CC/C=C\C/C=C\C/C=C\C/C=C\CCCCC(=O)OCC(COC(=O)CCCCCCCCCCCCCCC/C=C\C/C=C\CCCCCCC)OC(=O)CCCCCCCCCC/C=C\C/C=C\C/C=C\CCCCCCC. The fraction of sp³-hybridized carbons (Fsp3) is 0.720. The lowest BCUT2D eigenvalue weighted by molar-refractivity contribution is -0.167. The molecule has 0 aromatic heterocycles. The van der Waals surface area contributed by atoms with E-state index in [1.807, 2.05) is 0 Å². The summed E-state index contributed by atoms with van der Waals surface area (Å²) in [6.07, 6.45) is 93.9. The molecule has 0 aromatic rings. The lowest BCUT2D eigenvalue weighted by Crippen LogP contribution is -2.30. The van der Waals surface area contributed by atoms with Gasteiger partial charge in [0, 0.05) is 19.3 Å². The van der Waals surface area contributed by atoms with E-state index in [-0.39, 0.29) is 31.1 Å². The molecule has 0 saturated heterocycles. The minimum absolute atomic E-state index is 0.0947. The Labute approximate surface area is 501 Å². The van der Waals surface area contributed by atoms with Crippen LogP contribution in [0.3, 0.4) is 0 Å². The zero-order valence-electron chi connectivity index (χ0n) is 53.3. The van der Waals surface area contributed by atoms with Crippen LogP contribution in [-0.4, -0.2) is 37.2 Å². The van der Waals surface area contributed by atoms with Crippen molar-refractivity contribution < 1.29 is 28.6 Å². The van der Waals surface area contributed by atoms with Gasteiger partial charge in [-0.2, -0.15) is 0 Å². The smallest absolute Gasteiger partial charge is 0.306 e. The number of ether oxygens (including phenoxy) is 3. The van der Waals surface area contributed by atoms with Gasteiger partial charge in [-0.25, -0.2) is 0 Å². The highest BCUT2D eigenvalue weighted by Gasteiger charge is 2.19. The molecule has 0 aliphatic rings. The average molecular weight is 1130 g/mol. The number of carbonyl (C=O) groups is 3. The first-order valence-electron chi connectivity index (χ1n) is 34.4. The van der Waals surface area contributed by atoms with Crippen LogP contribution in [0.15, 0.2) is 109 Å². The predicted octanol–water partition coefficient (Wildman–Crippen LogP) is 23.8. The maximum atomic E-state index is 12.9. The second kappa shape index (κ2) is 68.6. The number of carbonyl (C=O) groups excluding carboxylic acids is 3. The van der Waals surface area contributed by atoms with Crippen LogP contribution in [0.1, 0.15) is 329 Å². The Morgan fingerprint density at radius 3 is 0.778 bits per heavy atom. The maximum absolute atomic E-state index is 12.9. The van der Waals surface area contributed by atoms with E-state index in [2.05, 4.69) is 130 Å². The molecule has 464 valence electrons. The Morgan fingerprint density at radius 1 is 0.259 bits per heavy atom. The van der Waals surface area contributed by atoms with Gasteiger partial charge in [0.25, 0.3) is 0 Å². The number of esters is 3. The molecule has 0 fully saturated rings. The lowest BCUT2D eigenvalue weighted by Gasteiger charge is -2.18. The van der Waals surface area contributed by atoms with E-state index in [9.17, 15) is 14.4 Å². The molecule has 0 aromatic carbocycles. The van der Waals surface area contributed by atoms with E-state index in [0.717, 1.165) is 109 Å². The fourth-order valence-electron chi connectivity index (χ4n) is 9.59. The van der Waals surface area contributed by atoms with E-state index in [4.69, 9.17) is 14.2 Å². The van der Waals surface area contributed by atoms with Gasteiger partial charge in [0.15, 0.2) is 6.10 Å². The molecule has 0 rings (SSSR count). The highest BCUT2D eigenvalue weighted by molar-refractivity contribution is 5.71. The molecule has 0 aliphatic heterocycles. The van der Waals surface area contributed by atoms with Crippen LogP contribution in [0.2, 0.25) is 0 Å². The summed E-state index contributed by atoms with van der Waals surface area (Å²) in [7, 11) is 0. The van der Waals surface area contributed by atoms with Gasteiger partial charge in [0.2, 0.25) is 0 Å². The summed E-state index contributed by atoms with van der Waals surface area (Å²) in [5, 5.41) is 0. The number of hydrogen-bond donors (Lipinski definition) is 0. The van der Waals surface area contributed by atoms with Gasteiger partial charge >= 0.3 is 17.9 Å². The van der Waals surface area contributed by atoms with Crippen molar-refractivity contribution in [2.24, 2.45) is 0 Å². The predicted molar refractivity (Wildman–Crippen MR) is 353 cm³/mol. The third-order valence-electron chi connectivity index (χ3n) is 14.7. The topological polar surface area (TPSA) is 78.9 Å². The quantitative estimate of drug-likeness (QED) is 0.0261. The third-order valence-corrected chi connectivity index (χ3v) is 14.7. The van der Waals surface area contributed by atoms with Gasteiger partial charge in [0.05, 0.1) is 0 Å². The molecule has 0 saturated carbocycles. The normalized spacial score (nSPS) is 12.8. The van der Waals surface area contributed by atoms with Gasteiger partial charge < -0.3 is 14.2 Å². The van der Waals surface area contributed by atoms with E-state index < -0.39 is 6.10 Å². The van der Waals surface area contributed by atoms with Gasteiger partial charge in [-0.05, 0) is 128 Å². The van der Waals surface area contributed by atoms with Crippen molar-refractivity contribution in [3.05, 3.63) is 109 Å². The van der Waals surface area contributed by atoms with E-state index in [1.165, 1.54) is 180 Å². The highest BCUT2D eigenvalue weighted by Crippen LogP contribution is 2.16. The maximum Gasteiger partial charge on any atom is 0.306 e. The molecule has 0 N–H and O–H groups in total. The zero-order chi connectivity index (χ0) is 58.5. The Bertz CT molecular complexity index is 1620. The largest absolute Gasteiger partial charge is 0.462 e. The van der Waals surface area contributed by atoms with Crippen molar-refractivity contribution in [2.45, 2.75) is 335 Å². The minimum atomic E-state index is -0.803. The molecule has 1 unspecified atom stereocenters. The van der Waals surface area contributed by atoms with Crippen molar-refractivity contribution in [1.29, 1.82) is 0 Å². The van der Waals surface area contributed by atoms with Crippen molar-refractivity contribution in [2.75, 3.05) is 13.2 Å². The van der Waals surface area contributed by atoms with Crippen LogP contribution < -0.4 is 0 Å². The summed E-state index contributed by atoms with van der Waals surface area (Å²) < 4.78 is 16.9. The van der Waals surface area contributed by atoms with Gasteiger partial charge in [-0.1, -0.05) is 291 Å². The molecule has 6 nitrogen and oxygen atoms in total. The van der Waals surface area contributed by atoms with Crippen molar-refractivity contribution in [3.8, 4) is 0 Å². The Morgan fingerprint density at radius 2 is 0.481 bits per heavy atom. The Hall–Kier alpha value is -3.93. The summed E-state index contributed by atoms with van der Waals surface area (Å²) >= 11 is 0. The molecule has 6 heteroatoms. The van der Waals surface area contributed by atoms with Gasteiger partial charge in [-0.3, -0.25) is 14.4 Å². The Kier molecular flexibility index (Phi) is 65.2. The molecule has 81 heavy (non-hydrogen) atoms. The van der Waals surface area contributed by atoms with Crippen LogP contribution in [-0.2, 0) is 28.6 Å². The summed E-state index contributed by atoms with van der Waals surface area (Å²) in [5.74, 6) is -0.936. The minimum Gasteiger partial charge on any atom is -0.462 e. The number of rotatable bonds is 62.